The predicted molar refractivity (Wildman–Crippen MR) is 85.3 cm³/mol. The van der Waals surface area contributed by atoms with Gasteiger partial charge in [0.2, 0.25) is 0 Å². The van der Waals surface area contributed by atoms with Crippen LogP contribution in [0.4, 0.5) is 11.6 Å². The Labute approximate surface area is 127 Å². The van der Waals surface area contributed by atoms with Gasteiger partial charge in [0.05, 0.1) is 10.9 Å². The van der Waals surface area contributed by atoms with Crippen molar-refractivity contribution in [2.45, 2.75) is 33.2 Å². The molecule has 7 heteroatoms. The molecule has 0 aromatic carbocycles. The van der Waals surface area contributed by atoms with Gasteiger partial charge in [-0.05, 0) is 19.1 Å². The normalized spacial score (nSPS) is 10.9. The largest absolute Gasteiger partial charge is 0.365 e. The maximum atomic E-state index is 5.93. The van der Waals surface area contributed by atoms with Crippen LogP contribution in [0.3, 0.4) is 0 Å². The van der Waals surface area contributed by atoms with E-state index in [1.54, 1.807) is 11.3 Å². The highest BCUT2D eigenvalue weighted by atomic mass is 35.5. The molecule has 0 saturated carbocycles. The minimum Gasteiger partial charge on any atom is -0.365 e. The van der Waals surface area contributed by atoms with Crippen LogP contribution in [0.25, 0.3) is 0 Å². The molecule has 0 spiro atoms. The van der Waals surface area contributed by atoms with Gasteiger partial charge in [0.25, 0.3) is 0 Å². The molecule has 0 bridgehead atoms. The van der Waals surface area contributed by atoms with Gasteiger partial charge in [-0.15, -0.1) is 11.3 Å². The molecule has 0 aliphatic heterocycles. The Morgan fingerprint density at radius 1 is 1.30 bits per heavy atom. The van der Waals surface area contributed by atoms with Crippen LogP contribution in [-0.4, -0.2) is 9.97 Å². The molecule has 0 aliphatic carbocycles. The molecule has 0 fully saturated rings. The van der Waals surface area contributed by atoms with Crippen molar-refractivity contribution in [3.8, 4) is 0 Å². The van der Waals surface area contributed by atoms with Gasteiger partial charge in [-0.25, -0.2) is 15.8 Å². The molecule has 2 aromatic heterocycles. The van der Waals surface area contributed by atoms with Crippen LogP contribution in [0.15, 0.2) is 12.1 Å². The van der Waals surface area contributed by atoms with Crippen molar-refractivity contribution in [2.24, 2.45) is 5.84 Å². The molecular formula is C13H18ClN5S. The summed E-state index contributed by atoms with van der Waals surface area (Å²) in [7, 11) is 0. The molecule has 2 rings (SSSR count). The number of nitrogens with one attached hydrogen (secondary N) is 2. The van der Waals surface area contributed by atoms with E-state index >= 15 is 0 Å². The van der Waals surface area contributed by atoms with E-state index in [2.05, 4.69) is 20.7 Å². The zero-order valence-corrected chi connectivity index (χ0v) is 13.3. The highest BCUT2D eigenvalue weighted by molar-refractivity contribution is 7.16. The van der Waals surface area contributed by atoms with Crippen molar-refractivity contribution >= 4 is 34.6 Å². The number of aromatic nitrogens is 2. The van der Waals surface area contributed by atoms with Gasteiger partial charge in [-0.1, -0.05) is 25.4 Å². The summed E-state index contributed by atoms with van der Waals surface area (Å²) >= 11 is 7.48. The van der Waals surface area contributed by atoms with Crippen LogP contribution in [0.5, 0.6) is 0 Å². The first-order valence-electron chi connectivity index (χ1n) is 6.34. The fourth-order valence-corrected chi connectivity index (χ4v) is 2.75. The van der Waals surface area contributed by atoms with Gasteiger partial charge in [0.1, 0.15) is 17.5 Å². The van der Waals surface area contributed by atoms with E-state index in [0.29, 0.717) is 12.4 Å². The molecule has 0 saturated heterocycles. The van der Waals surface area contributed by atoms with E-state index in [9.17, 15) is 0 Å². The number of rotatable bonds is 5. The van der Waals surface area contributed by atoms with Crippen LogP contribution in [0, 0.1) is 6.92 Å². The smallest absolute Gasteiger partial charge is 0.148 e. The second-order valence-electron chi connectivity index (χ2n) is 4.76. The minimum atomic E-state index is 0.236. The molecule has 20 heavy (non-hydrogen) atoms. The molecule has 0 radical (unpaired) electrons. The highest BCUT2D eigenvalue weighted by Gasteiger charge is 2.12. The van der Waals surface area contributed by atoms with Gasteiger partial charge < -0.3 is 10.7 Å². The average molecular weight is 312 g/mol. The number of hydrogen-bond donors (Lipinski definition) is 3. The summed E-state index contributed by atoms with van der Waals surface area (Å²) in [6.07, 6.45) is 0. The van der Waals surface area contributed by atoms with E-state index in [4.69, 9.17) is 17.4 Å². The van der Waals surface area contributed by atoms with Crippen molar-refractivity contribution in [3.05, 3.63) is 32.7 Å². The number of thiophene rings is 1. The van der Waals surface area contributed by atoms with E-state index < -0.39 is 0 Å². The number of nitrogen functional groups attached to an aromatic ring is 1. The lowest BCUT2D eigenvalue weighted by Gasteiger charge is -2.14. The summed E-state index contributed by atoms with van der Waals surface area (Å²) in [5, 5.41) is 3.32. The molecule has 0 aliphatic rings. The third kappa shape index (κ3) is 3.39. The molecule has 0 amide bonds. The topological polar surface area (TPSA) is 75.9 Å². The number of halogens is 1. The molecule has 2 aromatic rings. The van der Waals surface area contributed by atoms with E-state index in [0.717, 1.165) is 26.4 Å². The first-order chi connectivity index (χ1) is 9.51. The molecule has 108 valence electrons. The molecule has 0 atom stereocenters. The standard InChI is InChI=1S/C13H18ClN5S/c1-7(2)11-17-12(8(3)13(18-11)19-15)16-6-9-4-5-10(14)20-9/h4-5,7H,6,15H2,1-3H3,(H2,16,17,18,19). The maximum Gasteiger partial charge on any atom is 0.148 e. The highest BCUT2D eigenvalue weighted by Crippen LogP contribution is 2.25. The second-order valence-corrected chi connectivity index (χ2v) is 6.56. The lowest BCUT2D eigenvalue weighted by Crippen LogP contribution is -2.15. The number of nitrogens with zero attached hydrogens (tertiary/aromatic N) is 2. The third-order valence-electron chi connectivity index (χ3n) is 2.88. The SMILES string of the molecule is Cc1c(NN)nc(C(C)C)nc1NCc1ccc(Cl)s1. The summed E-state index contributed by atoms with van der Waals surface area (Å²) in [6, 6.07) is 3.89. The van der Waals surface area contributed by atoms with Gasteiger partial charge in [-0.2, -0.15) is 0 Å². The van der Waals surface area contributed by atoms with Gasteiger partial charge in [0, 0.05) is 16.4 Å². The van der Waals surface area contributed by atoms with Crippen LogP contribution in [0.1, 0.15) is 36.0 Å². The summed E-state index contributed by atoms with van der Waals surface area (Å²) < 4.78 is 0.786. The summed E-state index contributed by atoms with van der Waals surface area (Å²) in [4.78, 5) is 10.1. The van der Waals surface area contributed by atoms with E-state index in [1.807, 2.05) is 32.9 Å². The molecular weight excluding hydrogens is 294 g/mol. The molecule has 4 N–H and O–H groups in total. The van der Waals surface area contributed by atoms with Crippen molar-refractivity contribution < 1.29 is 0 Å². The number of hydrazine groups is 1. The minimum absolute atomic E-state index is 0.236. The lowest BCUT2D eigenvalue weighted by atomic mass is 10.2. The Balaban J connectivity index is 2.23. The number of anilines is 2. The van der Waals surface area contributed by atoms with Crippen LogP contribution in [-0.2, 0) is 6.54 Å². The van der Waals surface area contributed by atoms with Gasteiger partial charge in [0.15, 0.2) is 0 Å². The Morgan fingerprint density at radius 3 is 2.55 bits per heavy atom. The van der Waals surface area contributed by atoms with Gasteiger partial charge >= 0.3 is 0 Å². The van der Waals surface area contributed by atoms with Gasteiger partial charge in [-0.3, -0.25) is 0 Å². The quantitative estimate of drug-likeness (QED) is 0.582. The Kier molecular flexibility index (Phi) is 4.80. The zero-order valence-electron chi connectivity index (χ0n) is 11.7. The van der Waals surface area contributed by atoms with E-state index in [-0.39, 0.29) is 5.92 Å². The summed E-state index contributed by atoms with van der Waals surface area (Å²) in [5.74, 6) is 7.95. The van der Waals surface area contributed by atoms with Crippen molar-refractivity contribution in [1.29, 1.82) is 0 Å². The average Bonchev–Trinajstić information content (AvgIpc) is 2.83. The Hall–Kier alpha value is -1.37. The van der Waals surface area contributed by atoms with Crippen LogP contribution < -0.4 is 16.6 Å². The fraction of sp³-hybridized carbons (Fsp3) is 0.385. The van der Waals surface area contributed by atoms with Crippen molar-refractivity contribution in [2.75, 3.05) is 10.7 Å². The van der Waals surface area contributed by atoms with Crippen molar-refractivity contribution in [3.63, 3.8) is 0 Å². The van der Waals surface area contributed by atoms with E-state index in [1.165, 1.54) is 0 Å². The second kappa shape index (κ2) is 6.39. The lowest BCUT2D eigenvalue weighted by molar-refractivity contribution is 0.772. The number of nitrogens with two attached hydrogens (primary N) is 1. The molecule has 0 unspecified atom stereocenters. The fourth-order valence-electron chi connectivity index (χ4n) is 1.72. The zero-order chi connectivity index (χ0) is 14.7. The maximum absolute atomic E-state index is 5.93. The molecule has 2 heterocycles. The monoisotopic (exact) mass is 311 g/mol. The van der Waals surface area contributed by atoms with Crippen molar-refractivity contribution in [1.82, 2.24) is 9.97 Å². The predicted octanol–water partition coefficient (Wildman–Crippen LogP) is 3.52. The summed E-state index contributed by atoms with van der Waals surface area (Å²) in [5.41, 5.74) is 3.53. The number of hydrogen-bond acceptors (Lipinski definition) is 6. The third-order valence-corrected chi connectivity index (χ3v) is 4.11. The van der Waals surface area contributed by atoms with Crippen LogP contribution in [0.2, 0.25) is 4.34 Å². The first-order valence-corrected chi connectivity index (χ1v) is 7.54. The first kappa shape index (κ1) is 15.0. The molecule has 5 nitrogen and oxygen atoms in total. The Morgan fingerprint density at radius 2 is 2.00 bits per heavy atom. The van der Waals surface area contributed by atoms with Crippen LogP contribution >= 0.6 is 22.9 Å². The Bertz CT molecular complexity index is 596. The summed E-state index contributed by atoms with van der Waals surface area (Å²) in [6.45, 7) is 6.71.